The summed E-state index contributed by atoms with van der Waals surface area (Å²) in [6.07, 6.45) is 0. The molecule has 1 N–H and O–H groups in total. The summed E-state index contributed by atoms with van der Waals surface area (Å²) in [4.78, 5) is 18.0. The van der Waals surface area contributed by atoms with Gasteiger partial charge in [-0.3, -0.25) is 4.79 Å². The highest BCUT2D eigenvalue weighted by atomic mass is 16.2. The minimum Gasteiger partial charge on any atom is -0.358 e. The van der Waals surface area contributed by atoms with Gasteiger partial charge in [-0.05, 0) is 49.4 Å². The van der Waals surface area contributed by atoms with Crippen LogP contribution in [0.4, 0.5) is 0 Å². The fourth-order valence-corrected chi connectivity index (χ4v) is 3.07. The number of carbonyl (C=O) groups excluding carboxylic acids is 1. The van der Waals surface area contributed by atoms with Crippen LogP contribution in [0, 0.1) is 25.7 Å². The third-order valence-corrected chi connectivity index (χ3v) is 4.83. The quantitative estimate of drug-likeness (QED) is 0.845. The molecule has 106 valence electrons. The zero-order valence-corrected chi connectivity index (χ0v) is 12.7. The van der Waals surface area contributed by atoms with Gasteiger partial charge in [0.25, 0.3) is 5.91 Å². The van der Waals surface area contributed by atoms with E-state index in [9.17, 15) is 4.79 Å². The normalized spacial score (nSPS) is 22.7. The summed E-state index contributed by atoms with van der Waals surface area (Å²) < 4.78 is 0. The first-order valence-corrected chi connectivity index (χ1v) is 7.35. The molecule has 1 aromatic heterocycles. The lowest BCUT2D eigenvalue weighted by molar-refractivity contribution is 0.0785. The summed E-state index contributed by atoms with van der Waals surface area (Å²) in [5, 5.41) is 1.16. The SMILES string of the molecule is Cc1[nH]c2ccc(C(=O)N3CC(C)C(C)C3)cc2c1C. The first-order valence-electron chi connectivity index (χ1n) is 7.35. The minimum atomic E-state index is 0.168. The van der Waals surface area contributed by atoms with Crippen molar-refractivity contribution >= 4 is 16.8 Å². The molecule has 2 heterocycles. The third-order valence-electron chi connectivity index (χ3n) is 4.83. The molecule has 2 atom stereocenters. The number of H-pyrrole nitrogens is 1. The number of hydrogen-bond donors (Lipinski definition) is 1. The topological polar surface area (TPSA) is 36.1 Å². The number of aryl methyl sites for hydroxylation is 2. The van der Waals surface area contributed by atoms with Gasteiger partial charge in [-0.25, -0.2) is 0 Å². The first-order chi connectivity index (χ1) is 9.47. The van der Waals surface area contributed by atoms with E-state index in [0.717, 1.165) is 29.6 Å². The van der Waals surface area contributed by atoms with Crippen LogP contribution < -0.4 is 0 Å². The molecular weight excluding hydrogens is 248 g/mol. The van der Waals surface area contributed by atoms with Crippen molar-refractivity contribution in [2.75, 3.05) is 13.1 Å². The van der Waals surface area contributed by atoms with Crippen molar-refractivity contribution in [2.45, 2.75) is 27.7 Å². The van der Waals surface area contributed by atoms with Crippen LogP contribution in [0.1, 0.15) is 35.5 Å². The van der Waals surface area contributed by atoms with Crippen LogP contribution in [0.25, 0.3) is 10.9 Å². The van der Waals surface area contributed by atoms with E-state index in [4.69, 9.17) is 0 Å². The van der Waals surface area contributed by atoms with Gasteiger partial charge in [0, 0.05) is 35.2 Å². The molecule has 1 aromatic carbocycles. The van der Waals surface area contributed by atoms with Crippen LogP contribution in [0.2, 0.25) is 0 Å². The maximum absolute atomic E-state index is 12.6. The first kappa shape index (κ1) is 13.2. The standard InChI is InChI=1S/C17H22N2O/c1-10-8-19(9-11(10)2)17(20)14-5-6-16-15(7-14)12(3)13(4)18-16/h5-7,10-11,18H,8-9H2,1-4H3. The van der Waals surface area contributed by atoms with Crippen molar-refractivity contribution in [3.05, 3.63) is 35.0 Å². The lowest BCUT2D eigenvalue weighted by Gasteiger charge is -2.16. The van der Waals surface area contributed by atoms with Crippen LogP contribution >= 0.6 is 0 Å². The maximum atomic E-state index is 12.6. The molecule has 0 spiro atoms. The predicted molar refractivity (Wildman–Crippen MR) is 82.0 cm³/mol. The molecule has 0 bridgehead atoms. The van der Waals surface area contributed by atoms with Crippen LogP contribution in [-0.4, -0.2) is 28.9 Å². The van der Waals surface area contributed by atoms with Crippen LogP contribution in [-0.2, 0) is 0 Å². The lowest BCUT2D eigenvalue weighted by Crippen LogP contribution is -2.28. The zero-order valence-electron chi connectivity index (χ0n) is 12.7. The van der Waals surface area contributed by atoms with E-state index in [2.05, 4.69) is 32.7 Å². The summed E-state index contributed by atoms with van der Waals surface area (Å²) in [6, 6.07) is 5.99. The highest BCUT2D eigenvalue weighted by molar-refractivity contribution is 5.99. The van der Waals surface area contributed by atoms with Gasteiger partial charge < -0.3 is 9.88 Å². The smallest absolute Gasteiger partial charge is 0.253 e. The summed E-state index contributed by atoms with van der Waals surface area (Å²) in [5.41, 5.74) is 4.33. The van der Waals surface area contributed by atoms with Crippen LogP contribution in [0.15, 0.2) is 18.2 Å². The van der Waals surface area contributed by atoms with Gasteiger partial charge in [0.1, 0.15) is 0 Å². The molecule has 0 saturated carbocycles. The number of aromatic nitrogens is 1. The number of fused-ring (bicyclic) bond motifs is 1. The van der Waals surface area contributed by atoms with Crippen molar-refractivity contribution < 1.29 is 4.79 Å². The number of benzene rings is 1. The van der Waals surface area contributed by atoms with Crippen LogP contribution in [0.3, 0.4) is 0 Å². The fourth-order valence-electron chi connectivity index (χ4n) is 3.07. The third kappa shape index (κ3) is 2.01. The van der Waals surface area contributed by atoms with E-state index in [0.29, 0.717) is 11.8 Å². The molecular formula is C17H22N2O. The summed E-state index contributed by atoms with van der Waals surface area (Å²) in [5.74, 6) is 1.36. The predicted octanol–water partition coefficient (Wildman–Crippen LogP) is 3.51. The Morgan fingerprint density at radius 3 is 2.50 bits per heavy atom. The highest BCUT2D eigenvalue weighted by Crippen LogP contribution is 2.26. The second-order valence-corrected chi connectivity index (χ2v) is 6.30. The van der Waals surface area contributed by atoms with E-state index in [1.54, 1.807) is 0 Å². The number of amides is 1. The molecule has 1 aliphatic heterocycles. The van der Waals surface area contributed by atoms with Gasteiger partial charge in [-0.1, -0.05) is 13.8 Å². The Kier molecular flexibility index (Phi) is 3.08. The number of hydrogen-bond acceptors (Lipinski definition) is 1. The Balaban J connectivity index is 1.94. The second kappa shape index (κ2) is 4.65. The monoisotopic (exact) mass is 270 g/mol. The molecule has 3 rings (SSSR count). The molecule has 1 aliphatic rings. The molecule has 0 aliphatic carbocycles. The van der Waals surface area contributed by atoms with E-state index < -0.39 is 0 Å². The summed E-state index contributed by atoms with van der Waals surface area (Å²) in [7, 11) is 0. The van der Waals surface area contributed by atoms with Gasteiger partial charge >= 0.3 is 0 Å². The number of carbonyl (C=O) groups is 1. The summed E-state index contributed by atoms with van der Waals surface area (Å²) >= 11 is 0. The Morgan fingerprint density at radius 1 is 1.20 bits per heavy atom. The van der Waals surface area contributed by atoms with Gasteiger partial charge in [0.05, 0.1) is 0 Å². The Labute approximate surface area is 120 Å². The highest BCUT2D eigenvalue weighted by Gasteiger charge is 2.29. The Morgan fingerprint density at radius 2 is 1.85 bits per heavy atom. The van der Waals surface area contributed by atoms with E-state index in [-0.39, 0.29) is 5.91 Å². The number of nitrogens with zero attached hydrogens (tertiary/aromatic N) is 1. The van der Waals surface area contributed by atoms with E-state index in [1.807, 2.05) is 23.1 Å². The van der Waals surface area contributed by atoms with Crippen LogP contribution in [0.5, 0.6) is 0 Å². The number of rotatable bonds is 1. The van der Waals surface area contributed by atoms with Gasteiger partial charge in [0.15, 0.2) is 0 Å². The Bertz CT molecular complexity index is 661. The fraction of sp³-hybridized carbons (Fsp3) is 0.471. The van der Waals surface area contributed by atoms with E-state index in [1.165, 1.54) is 11.3 Å². The average Bonchev–Trinajstić information content (AvgIpc) is 2.90. The second-order valence-electron chi connectivity index (χ2n) is 6.30. The lowest BCUT2D eigenvalue weighted by atomic mass is 10.0. The van der Waals surface area contributed by atoms with Crippen molar-refractivity contribution in [2.24, 2.45) is 11.8 Å². The molecule has 2 aromatic rings. The van der Waals surface area contributed by atoms with Gasteiger partial charge in [-0.15, -0.1) is 0 Å². The largest absolute Gasteiger partial charge is 0.358 e. The number of nitrogens with one attached hydrogen (secondary N) is 1. The minimum absolute atomic E-state index is 0.168. The van der Waals surface area contributed by atoms with Gasteiger partial charge in [-0.2, -0.15) is 0 Å². The van der Waals surface area contributed by atoms with Crippen molar-refractivity contribution in [1.82, 2.24) is 9.88 Å². The van der Waals surface area contributed by atoms with Crippen molar-refractivity contribution in [3.63, 3.8) is 0 Å². The molecule has 0 radical (unpaired) electrons. The average molecular weight is 270 g/mol. The van der Waals surface area contributed by atoms with Crippen molar-refractivity contribution in [3.8, 4) is 0 Å². The number of likely N-dealkylation sites (tertiary alicyclic amines) is 1. The van der Waals surface area contributed by atoms with Crippen molar-refractivity contribution in [1.29, 1.82) is 0 Å². The molecule has 1 fully saturated rings. The zero-order chi connectivity index (χ0) is 14.4. The molecule has 1 amide bonds. The summed E-state index contributed by atoms with van der Waals surface area (Å²) in [6.45, 7) is 10.4. The molecule has 20 heavy (non-hydrogen) atoms. The Hall–Kier alpha value is -1.77. The maximum Gasteiger partial charge on any atom is 0.253 e. The van der Waals surface area contributed by atoms with E-state index >= 15 is 0 Å². The number of aromatic amines is 1. The van der Waals surface area contributed by atoms with Gasteiger partial charge in [0.2, 0.25) is 0 Å². The molecule has 2 unspecified atom stereocenters. The molecule has 3 nitrogen and oxygen atoms in total. The molecule has 3 heteroatoms. The molecule has 1 saturated heterocycles.